The predicted octanol–water partition coefficient (Wildman–Crippen LogP) is 1.30. The summed E-state index contributed by atoms with van der Waals surface area (Å²) in [6, 6.07) is 2.01. The van der Waals surface area contributed by atoms with Gasteiger partial charge in [-0.15, -0.1) is 11.7 Å². The second-order valence-corrected chi connectivity index (χ2v) is 4.91. The van der Waals surface area contributed by atoms with Crippen LogP contribution in [0.4, 0.5) is 0 Å². The van der Waals surface area contributed by atoms with E-state index >= 15 is 0 Å². The molecule has 16 heavy (non-hydrogen) atoms. The van der Waals surface area contributed by atoms with Crippen molar-refractivity contribution in [1.29, 1.82) is 0 Å². The number of rotatable bonds is 5. The number of nitrogens with zero attached hydrogens (tertiary/aromatic N) is 1. The number of nitrogens with two attached hydrogens (primary N) is 1. The molecule has 3 N–H and O–H groups in total. The fourth-order valence-electron chi connectivity index (χ4n) is 1.16. The van der Waals surface area contributed by atoms with Crippen molar-refractivity contribution < 1.29 is 4.79 Å². The van der Waals surface area contributed by atoms with E-state index < -0.39 is 0 Å². The van der Waals surface area contributed by atoms with Gasteiger partial charge in [-0.3, -0.25) is 9.78 Å². The molecule has 0 radical (unpaired) electrons. The van der Waals surface area contributed by atoms with E-state index in [0.29, 0.717) is 6.54 Å². The smallest absolute Gasteiger partial charge is 0.234 e. The number of hydrogen-bond acceptors (Lipinski definition) is 5. The molecule has 0 spiro atoms. The van der Waals surface area contributed by atoms with Gasteiger partial charge in [0.25, 0.3) is 0 Å². The lowest BCUT2D eigenvalue weighted by molar-refractivity contribution is -0.119. The quantitative estimate of drug-likeness (QED) is 0.549. The van der Waals surface area contributed by atoms with Gasteiger partial charge >= 0.3 is 0 Å². The molecule has 0 fully saturated rings. The number of thiol groups is 1. The Hall–Kier alpha value is -0.720. The van der Waals surface area contributed by atoms with Crippen LogP contribution in [0.15, 0.2) is 18.5 Å². The fourth-order valence-corrected chi connectivity index (χ4v) is 1.78. The Kier molecular flexibility index (Phi) is 5.65. The van der Waals surface area contributed by atoms with Gasteiger partial charge in [-0.1, -0.05) is 10.8 Å². The molecule has 4 nitrogen and oxygen atoms in total. The zero-order valence-electron chi connectivity index (χ0n) is 9.01. The van der Waals surface area contributed by atoms with Crippen molar-refractivity contribution in [3.8, 4) is 0 Å². The van der Waals surface area contributed by atoms with Crippen LogP contribution in [0.5, 0.6) is 0 Å². The normalized spacial score (nSPS) is 12.2. The second kappa shape index (κ2) is 6.78. The van der Waals surface area contributed by atoms with Gasteiger partial charge < -0.3 is 11.1 Å². The summed E-state index contributed by atoms with van der Waals surface area (Å²) in [5, 5.41) is 2.98. The molecule has 0 saturated carbocycles. The molecule has 1 aromatic heterocycles. The number of carbonyl (C=O) groups is 1. The molecule has 88 valence electrons. The maximum atomic E-state index is 11.0. The van der Waals surface area contributed by atoms with Gasteiger partial charge in [0, 0.05) is 24.2 Å². The summed E-state index contributed by atoms with van der Waals surface area (Å²) in [6.45, 7) is 2.52. The van der Waals surface area contributed by atoms with E-state index in [0.717, 1.165) is 11.1 Å². The lowest BCUT2D eigenvalue weighted by Gasteiger charge is -2.09. The topological polar surface area (TPSA) is 68.0 Å². The molecular formula is C10H15N3OS2. The Bertz CT molecular complexity index is 360. The highest BCUT2D eigenvalue weighted by molar-refractivity contribution is 8.68. The summed E-state index contributed by atoms with van der Waals surface area (Å²) in [4.78, 5) is 15.1. The van der Waals surface area contributed by atoms with Crippen molar-refractivity contribution in [2.24, 2.45) is 5.73 Å². The van der Waals surface area contributed by atoms with E-state index in [9.17, 15) is 4.79 Å². The molecule has 6 heteroatoms. The van der Waals surface area contributed by atoms with Crippen LogP contribution in [0.1, 0.15) is 23.3 Å². The molecule has 0 aliphatic rings. The average molecular weight is 257 g/mol. The van der Waals surface area contributed by atoms with Gasteiger partial charge in [0.05, 0.1) is 6.54 Å². The van der Waals surface area contributed by atoms with E-state index in [1.165, 1.54) is 10.8 Å². The Morgan fingerprint density at radius 2 is 2.44 bits per heavy atom. The monoisotopic (exact) mass is 257 g/mol. The van der Waals surface area contributed by atoms with Crippen LogP contribution in [0.2, 0.25) is 0 Å². The van der Waals surface area contributed by atoms with Crippen LogP contribution in [0.3, 0.4) is 0 Å². The number of carbonyl (C=O) groups excluding carboxylic acids is 1. The number of hydrogen-bond donors (Lipinski definition) is 3. The first-order valence-corrected chi connectivity index (χ1v) is 6.81. The summed E-state index contributed by atoms with van der Waals surface area (Å²) in [7, 11) is 1.46. The van der Waals surface area contributed by atoms with Gasteiger partial charge in [0.1, 0.15) is 0 Å². The van der Waals surface area contributed by atoms with Crippen molar-refractivity contribution in [3.63, 3.8) is 0 Å². The minimum absolute atomic E-state index is 0.00993. The molecule has 0 bridgehead atoms. The van der Waals surface area contributed by atoms with Crippen LogP contribution in [-0.4, -0.2) is 17.4 Å². The molecular weight excluding hydrogens is 242 g/mol. The third-order valence-corrected chi connectivity index (χ3v) is 3.66. The van der Waals surface area contributed by atoms with Crippen LogP contribution >= 0.6 is 22.5 Å². The molecule has 0 aromatic carbocycles. The van der Waals surface area contributed by atoms with Crippen LogP contribution in [0, 0.1) is 0 Å². The van der Waals surface area contributed by atoms with E-state index in [2.05, 4.69) is 28.9 Å². The van der Waals surface area contributed by atoms with E-state index in [-0.39, 0.29) is 17.7 Å². The van der Waals surface area contributed by atoms with E-state index in [1.807, 2.05) is 12.3 Å². The minimum Gasteiger partial charge on any atom is -0.351 e. The second-order valence-electron chi connectivity index (χ2n) is 3.36. The average Bonchev–Trinajstić information content (AvgIpc) is 2.35. The summed E-state index contributed by atoms with van der Waals surface area (Å²) in [5.74, 6) is -0.165. The summed E-state index contributed by atoms with van der Waals surface area (Å²) >= 11 is 4.16. The Labute approximate surface area is 104 Å². The zero-order valence-corrected chi connectivity index (χ0v) is 10.7. The number of nitrogens with one attached hydrogen (secondary N) is 1. The van der Waals surface area contributed by atoms with Gasteiger partial charge in [-0.05, 0) is 24.1 Å². The van der Waals surface area contributed by atoms with E-state index in [1.54, 1.807) is 6.20 Å². The maximum absolute atomic E-state index is 11.0. The highest BCUT2D eigenvalue weighted by Gasteiger charge is 2.06. The number of aromatic nitrogens is 1. The Morgan fingerprint density at radius 3 is 3.06 bits per heavy atom. The summed E-state index contributed by atoms with van der Waals surface area (Å²) < 4.78 is 0. The first kappa shape index (κ1) is 13.3. The first-order chi connectivity index (χ1) is 7.67. The summed E-state index contributed by atoms with van der Waals surface area (Å²) in [5.41, 5.74) is 7.26. The molecule has 0 aliphatic heterocycles. The Morgan fingerprint density at radius 1 is 1.69 bits per heavy atom. The molecule has 0 aliphatic carbocycles. The number of pyridine rings is 1. The molecule has 1 rings (SSSR count). The largest absolute Gasteiger partial charge is 0.351 e. The lowest BCUT2D eigenvalue weighted by Crippen LogP contribution is -2.29. The fraction of sp³-hybridized carbons (Fsp3) is 0.400. The third kappa shape index (κ3) is 4.03. The molecule has 1 heterocycles. The molecule has 1 amide bonds. The minimum atomic E-state index is -0.165. The van der Waals surface area contributed by atoms with Gasteiger partial charge in [-0.2, -0.15) is 0 Å². The standard InChI is InChI=1S/C10H15N3OS2/c1-7(16-15)9-2-8(4-12-6-9)5-13-10(14)3-11/h2,4,6-7,15H,3,5,11H2,1H3,(H,13,14). The molecule has 0 saturated heterocycles. The van der Waals surface area contributed by atoms with Crippen molar-refractivity contribution in [3.05, 3.63) is 29.6 Å². The molecule has 1 atom stereocenters. The van der Waals surface area contributed by atoms with Crippen molar-refractivity contribution in [1.82, 2.24) is 10.3 Å². The third-order valence-electron chi connectivity index (χ3n) is 2.12. The van der Waals surface area contributed by atoms with Gasteiger partial charge in [0.2, 0.25) is 5.91 Å². The zero-order chi connectivity index (χ0) is 12.0. The van der Waals surface area contributed by atoms with Crippen LogP contribution in [0.25, 0.3) is 0 Å². The predicted molar refractivity (Wildman–Crippen MR) is 70.1 cm³/mol. The highest BCUT2D eigenvalue weighted by Crippen LogP contribution is 2.30. The SMILES string of the molecule is CC(SS)c1cncc(CNC(=O)CN)c1. The van der Waals surface area contributed by atoms with Crippen molar-refractivity contribution in [2.75, 3.05) is 6.54 Å². The summed E-state index contributed by atoms with van der Waals surface area (Å²) in [6.07, 6.45) is 3.54. The first-order valence-electron chi connectivity index (χ1n) is 4.88. The van der Waals surface area contributed by atoms with Crippen molar-refractivity contribution >= 4 is 28.4 Å². The molecule has 1 aromatic rings. The maximum Gasteiger partial charge on any atom is 0.234 e. The van der Waals surface area contributed by atoms with Crippen LogP contribution < -0.4 is 11.1 Å². The highest BCUT2D eigenvalue weighted by atomic mass is 33.1. The van der Waals surface area contributed by atoms with Gasteiger partial charge in [0.15, 0.2) is 0 Å². The Balaban J connectivity index is 2.64. The molecule has 1 unspecified atom stereocenters. The number of amides is 1. The van der Waals surface area contributed by atoms with Gasteiger partial charge in [-0.25, -0.2) is 0 Å². The lowest BCUT2D eigenvalue weighted by atomic mass is 10.1. The van der Waals surface area contributed by atoms with Crippen molar-refractivity contribution in [2.45, 2.75) is 18.7 Å². The van der Waals surface area contributed by atoms with Crippen LogP contribution in [-0.2, 0) is 11.3 Å². The van der Waals surface area contributed by atoms with E-state index in [4.69, 9.17) is 5.73 Å².